The second-order valence-electron chi connectivity index (χ2n) is 7.36. The van der Waals surface area contributed by atoms with Crippen LogP contribution in [0.15, 0.2) is 6.07 Å². The molecule has 3 rings (SSSR count). The third kappa shape index (κ3) is 4.24. The van der Waals surface area contributed by atoms with Gasteiger partial charge in [0, 0.05) is 25.1 Å². The number of carbonyl (C=O) groups is 1. The van der Waals surface area contributed by atoms with Crippen LogP contribution in [0.25, 0.3) is 0 Å². The molecular weight excluding hydrogens is 294 g/mol. The smallest absolute Gasteiger partial charge is 0.407 e. The average Bonchev–Trinajstić information content (AvgIpc) is 3.17. The number of aromatic nitrogens is 2. The number of nitrogens with two attached hydrogens (primary N) is 1. The number of nitrogen functional groups attached to an aromatic ring is 1. The number of hydrogen-bond acceptors (Lipinski definition) is 6. The molecule has 2 heterocycles. The van der Waals surface area contributed by atoms with E-state index in [9.17, 15) is 4.79 Å². The molecule has 1 saturated carbocycles. The number of carbonyl (C=O) groups excluding carboxylic acids is 1. The first kappa shape index (κ1) is 15.8. The summed E-state index contributed by atoms with van der Waals surface area (Å²) < 4.78 is 5.30. The largest absolute Gasteiger partial charge is 0.444 e. The van der Waals surface area contributed by atoms with Crippen molar-refractivity contribution in [1.82, 2.24) is 15.3 Å². The maximum Gasteiger partial charge on any atom is 0.407 e. The van der Waals surface area contributed by atoms with Crippen LogP contribution < -0.4 is 16.0 Å². The highest BCUT2D eigenvalue weighted by molar-refractivity contribution is 5.68. The van der Waals surface area contributed by atoms with Crippen LogP contribution in [0, 0.1) is 0 Å². The summed E-state index contributed by atoms with van der Waals surface area (Å²) in [5, 5.41) is 2.92. The van der Waals surface area contributed by atoms with Crippen LogP contribution in [0.4, 0.5) is 16.6 Å². The minimum Gasteiger partial charge on any atom is -0.444 e. The minimum absolute atomic E-state index is 0.0606. The van der Waals surface area contributed by atoms with E-state index < -0.39 is 5.60 Å². The summed E-state index contributed by atoms with van der Waals surface area (Å²) >= 11 is 0. The molecule has 1 aliphatic heterocycles. The van der Waals surface area contributed by atoms with Crippen LogP contribution in [0.5, 0.6) is 0 Å². The Balaban J connectivity index is 1.60. The van der Waals surface area contributed by atoms with Crippen LogP contribution >= 0.6 is 0 Å². The van der Waals surface area contributed by atoms with Gasteiger partial charge in [-0.2, -0.15) is 4.98 Å². The number of hydrogen-bond donors (Lipinski definition) is 2. The summed E-state index contributed by atoms with van der Waals surface area (Å²) in [5.74, 6) is 1.72. The predicted molar refractivity (Wildman–Crippen MR) is 88.4 cm³/mol. The molecule has 0 bridgehead atoms. The fraction of sp³-hybridized carbons (Fsp3) is 0.688. The Kier molecular flexibility index (Phi) is 4.04. The average molecular weight is 319 g/mol. The van der Waals surface area contributed by atoms with E-state index in [1.165, 1.54) is 12.8 Å². The van der Waals surface area contributed by atoms with Crippen LogP contribution in [0.3, 0.4) is 0 Å². The summed E-state index contributed by atoms with van der Waals surface area (Å²) in [6.07, 6.45) is 2.85. The normalized spacial score (nSPS) is 21.3. The SMILES string of the molecule is CC(C)(C)OC(=O)NC1CCN(c2cc(C3CC3)nc(N)n2)C1. The Morgan fingerprint density at radius 2 is 2.09 bits per heavy atom. The van der Waals surface area contributed by atoms with Gasteiger partial charge in [-0.15, -0.1) is 0 Å². The van der Waals surface area contributed by atoms with Gasteiger partial charge >= 0.3 is 6.09 Å². The molecule has 1 atom stereocenters. The molecule has 23 heavy (non-hydrogen) atoms. The number of amides is 1. The molecule has 0 aromatic carbocycles. The summed E-state index contributed by atoms with van der Waals surface area (Å²) in [7, 11) is 0. The van der Waals surface area contributed by atoms with Gasteiger partial charge in [0.1, 0.15) is 11.4 Å². The maximum atomic E-state index is 11.9. The Hall–Kier alpha value is -2.05. The van der Waals surface area contributed by atoms with E-state index in [1.807, 2.05) is 26.8 Å². The molecule has 1 unspecified atom stereocenters. The van der Waals surface area contributed by atoms with E-state index in [0.717, 1.165) is 24.5 Å². The van der Waals surface area contributed by atoms with E-state index in [-0.39, 0.29) is 12.1 Å². The maximum absolute atomic E-state index is 11.9. The summed E-state index contributed by atoms with van der Waals surface area (Å²) in [4.78, 5) is 22.7. The van der Waals surface area contributed by atoms with Crippen LogP contribution in [-0.2, 0) is 4.74 Å². The number of rotatable bonds is 3. The van der Waals surface area contributed by atoms with Gasteiger partial charge in [-0.05, 0) is 40.0 Å². The van der Waals surface area contributed by atoms with E-state index in [0.29, 0.717) is 18.4 Å². The highest BCUT2D eigenvalue weighted by atomic mass is 16.6. The molecule has 1 aromatic rings. The third-order valence-corrected chi connectivity index (χ3v) is 3.98. The number of nitrogens with zero attached hydrogens (tertiary/aromatic N) is 3. The first-order valence-electron chi connectivity index (χ1n) is 8.19. The van der Waals surface area contributed by atoms with Crippen LogP contribution in [0.2, 0.25) is 0 Å². The molecule has 0 radical (unpaired) electrons. The summed E-state index contributed by atoms with van der Waals surface area (Å²) in [6.45, 7) is 7.12. The first-order chi connectivity index (χ1) is 10.8. The molecule has 1 amide bonds. The fourth-order valence-electron chi connectivity index (χ4n) is 2.78. The lowest BCUT2D eigenvalue weighted by molar-refractivity contribution is 0.0509. The number of ether oxygens (including phenoxy) is 1. The fourth-order valence-corrected chi connectivity index (χ4v) is 2.78. The zero-order valence-corrected chi connectivity index (χ0v) is 14.0. The van der Waals surface area contributed by atoms with Gasteiger partial charge in [-0.1, -0.05) is 0 Å². The van der Waals surface area contributed by atoms with Crippen molar-refractivity contribution in [3.05, 3.63) is 11.8 Å². The molecule has 2 aliphatic rings. The van der Waals surface area contributed by atoms with Crippen molar-refractivity contribution in [3.63, 3.8) is 0 Å². The van der Waals surface area contributed by atoms with E-state index in [1.54, 1.807) is 0 Å². The topological polar surface area (TPSA) is 93.4 Å². The van der Waals surface area contributed by atoms with Gasteiger partial charge in [0.2, 0.25) is 5.95 Å². The molecule has 1 aromatic heterocycles. The van der Waals surface area contributed by atoms with Gasteiger partial charge in [0.15, 0.2) is 0 Å². The van der Waals surface area contributed by atoms with E-state index in [4.69, 9.17) is 10.5 Å². The molecule has 2 fully saturated rings. The van der Waals surface area contributed by atoms with Crippen molar-refractivity contribution in [3.8, 4) is 0 Å². The van der Waals surface area contributed by atoms with Crippen molar-refractivity contribution in [2.45, 2.75) is 57.6 Å². The Labute approximate surface area is 136 Å². The highest BCUT2D eigenvalue weighted by Crippen LogP contribution is 2.40. The van der Waals surface area contributed by atoms with Crippen molar-refractivity contribution in [2.24, 2.45) is 0 Å². The van der Waals surface area contributed by atoms with E-state index in [2.05, 4.69) is 20.2 Å². The quantitative estimate of drug-likeness (QED) is 0.885. The van der Waals surface area contributed by atoms with Gasteiger partial charge < -0.3 is 20.7 Å². The van der Waals surface area contributed by atoms with Crippen LogP contribution in [-0.4, -0.2) is 40.8 Å². The lowest BCUT2D eigenvalue weighted by atomic mass is 10.2. The Morgan fingerprint density at radius 3 is 2.74 bits per heavy atom. The number of nitrogens with one attached hydrogen (secondary N) is 1. The van der Waals surface area contributed by atoms with Gasteiger partial charge in [-0.3, -0.25) is 0 Å². The molecule has 7 nitrogen and oxygen atoms in total. The van der Waals surface area contributed by atoms with Crippen molar-refractivity contribution in [1.29, 1.82) is 0 Å². The van der Waals surface area contributed by atoms with Gasteiger partial charge in [0.25, 0.3) is 0 Å². The minimum atomic E-state index is -0.483. The number of anilines is 2. The standard InChI is InChI=1S/C16H25N5O2/c1-16(2,3)23-15(22)18-11-6-7-21(9-11)13-8-12(10-4-5-10)19-14(17)20-13/h8,10-11H,4-7,9H2,1-3H3,(H,18,22)(H2,17,19,20). The monoisotopic (exact) mass is 319 g/mol. The lowest BCUT2D eigenvalue weighted by Crippen LogP contribution is -2.40. The Bertz CT molecular complexity index is 595. The summed E-state index contributed by atoms with van der Waals surface area (Å²) in [5.41, 5.74) is 6.39. The zero-order valence-electron chi connectivity index (χ0n) is 14.0. The first-order valence-corrected chi connectivity index (χ1v) is 8.19. The van der Waals surface area contributed by atoms with Crippen LogP contribution in [0.1, 0.15) is 51.6 Å². The molecular formula is C16H25N5O2. The third-order valence-electron chi connectivity index (χ3n) is 3.98. The van der Waals surface area contributed by atoms with Crippen molar-refractivity contribution >= 4 is 17.9 Å². The second-order valence-corrected chi connectivity index (χ2v) is 7.36. The van der Waals surface area contributed by atoms with Crippen molar-refractivity contribution in [2.75, 3.05) is 23.7 Å². The highest BCUT2D eigenvalue weighted by Gasteiger charge is 2.30. The van der Waals surface area contributed by atoms with Gasteiger partial charge in [-0.25, -0.2) is 9.78 Å². The molecule has 126 valence electrons. The van der Waals surface area contributed by atoms with Crippen molar-refractivity contribution < 1.29 is 9.53 Å². The number of alkyl carbamates (subject to hydrolysis) is 1. The Morgan fingerprint density at radius 1 is 1.35 bits per heavy atom. The summed E-state index contributed by atoms with van der Waals surface area (Å²) in [6, 6.07) is 2.09. The second kappa shape index (κ2) is 5.86. The molecule has 3 N–H and O–H groups in total. The van der Waals surface area contributed by atoms with E-state index >= 15 is 0 Å². The van der Waals surface area contributed by atoms with Gasteiger partial charge in [0.05, 0.1) is 11.7 Å². The molecule has 1 saturated heterocycles. The lowest BCUT2D eigenvalue weighted by Gasteiger charge is -2.22. The molecule has 1 aliphatic carbocycles. The predicted octanol–water partition coefficient (Wildman–Crippen LogP) is 2.04. The molecule has 7 heteroatoms. The zero-order chi connectivity index (χ0) is 16.6. The molecule has 0 spiro atoms.